The molecule has 0 saturated carbocycles. The molecule has 3 nitrogen and oxygen atoms in total. The van der Waals surface area contributed by atoms with E-state index in [1.54, 1.807) is 6.07 Å². The van der Waals surface area contributed by atoms with E-state index in [0.717, 1.165) is 22.0 Å². The first kappa shape index (κ1) is 14.2. The molecule has 100 valence electrons. The van der Waals surface area contributed by atoms with E-state index in [2.05, 4.69) is 9.97 Å². The number of H-pyrrole nitrogens is 1. The molecule has 0 fully saturated rings. The van der Waals surface area contributed by atoms with Crippen LogP contribution in [-0.4, -0.2) is 9.97 Å². The van der Waals surface area contributed by atoms with Crippen LogP contribution in [0, 0.1) is 0 Å². The molecule has 1 N–H and O–H groups in total. The molecule has 0 aliphatic rings. The highest BCUT2D eigenvalue weighted by atomic mass is 35.5. The van der Waals surface area contributed by atoms with Crippen LogP contribution in [0.2, 0.25) is 5.02 Å². The molecule has 0 radical (unpaired) electrons. The van der Waals surface area contributed by atoms with E-state index in [0.29, 0.717) is 5.16 Å². The quantitative estimate of drug-likeness (QED) is 0.688. The van der Waals surface area contributed by atoms with Gasteiger partial charge in [-0.05, 0) is 23.6 Å². The van der Waals surface area contributed by atoms with Crippen molar-refractivity contribution in [2.75, 3.05) is 0 Å². The molecule has 2 rings (SSSR count). The minimum Gasteiger partial charge on any atom is -0.301 e. The van der Waals surface area contributed by atoms with Gasteiger partial charge in [0.05, 0.1) is 5.69 Å². The number of benzene rings is 1. The van der Waals surface area contributed by atoms with E-state index < -0.39 is 0 Å². The van der Waals surface area contributed by atoms with Crippen LogP contribution in [0.25, 0.3) is 0 Å². The standard InChI is InChI=1S/C14H15ClN2OS/c1-9(2)12-7-13(18)17-14(16-12)19-8-10-3-5-11(15)6-4-10/h3-7,9H,8H2,1-2H3,(H,16,17,18). The van der Waals surface area contributed by atoms with Crippen LogP contribution in [0.1, 0.15) is 31.0 Å². The molecule has 1 heterocycles. The second-order valence-corrected chi connectivity index (χ2v) is 5.95. The van der Waals surface area contributed by atoms with Crippen LogP contribution in [-0.2, 0) is 5.75 Å². The Morgan fingerprint density at radius 2 is 2.00 bits per heavy atom. The first-order valence-corrected chi connectivity index (χ1v) is 7.39. The van der Waals surface area contributed by atoms with Gasteiger partial charge in [0.15, 0.2) is 5.16 Å². The monoisotopic (exact) mass is 294 g/mol. The highest BCUT2D eigenvalue weighted by molar-refractivity contribution is 7.98. The molecule has 0 aliphatic carbocycles. The van der Waals surface area contributed by atoms with Crippen molar-refractivity contribution in [1.82, 2.24) is 9.97 Å². The predicted octanol–water partition coefficient (Wildman–Crippen LogP) is 3.84. The minimum atomic E-state index is -0.0997. The Morgan fingerprint density at radius 1 is 1.32 bits per heavy atom. The highest BCUT2D eigenvalue weighted by Crippen LogP contribution is 2.21. The Bertz CT molecular complexity index is 608. The Hall–Kier alpha value is -1.26. The lowest BCUT2D eigenvalue weighted by molar-refractivity contribution is 0.769. The van der Waals surface area contributed by atoms with Crippen molar-refractivity contribution in [2.45, 2.75) is 30.7 Å². The third-order valence-electron chi connectivity index (χ3n) is 2.62. The van der Waals surface area contributed by atoms with Gasteiger partial charge in [-0.3, -0.25) is 4.79 Å². The molecule has 5 heteroatoms. The maximum Gasteiger partial charge on any atom is 0.251 e. The normalized spacial score (nSPS) is 10.9. The van der Waals surface area contributed by atoms with Gasteiger partial charge < -0.3 is 4.98 Å². The van der Waals surface area contributed by atoms with Crippen LogP contribution in [0.4, 0.5) is 0 Å². The molecule has 0 aliphatic heterocycles. The summed E-state index contributed by atoms with van der Waals surface area (Å²) in [6.45, 7) is 4.05. The van der Waals surface area contributed by atoms with E-state index in [9.17, 15) is 4.79 Å². The lowest BCUT2D eigenvalue weighted by Crippen LogP contribution is -2.10. The third-order valence-corrected chi connectivity index (χ3v) is 3.82. The number of hydrogen-bond acceptors (Lipinski definition) is 3. The lowest BCUT2D eigenvalue weighted by Gasteiger charge is -2.06. The van der Waals surface area contributed by atoms with Crippen LogP contribution in [0.3, 0.4) is 0 Å². The van der Waals surface area contributed by atoms with Gasteiger partial charge in [0.1, 0.15) is 0 Å². The number of aromatic amines is 1. The summed E-state index contributed by atoms with van der Waals surface area (Å²) < 4.78 is 0. The largest absolute Gasteiger partial charge is 0.301 e. The zero-order valence-electron chi connectivity index (χ0n) is 10.8. The molecule has 0 spiro atoms. The van der Waals surface area contributed by atoms with Crippen molar-refractivity contribution in [3.63, 3.8) is 0 Å². The second-order valence-electron chi connectivity index (χ2n) is 4.55. The van der Waals surface area contributed by atoms with E-state index in [4.69, 9.17) is 11.6 Å². The van der Waals surface area contributed by atoms with Gasteiger partial charge in [0.2, 0.25) is 0 Å². The Morgan fingerprint density at radius 3 is 2.63 bits per heavy atom. The fraction of sp³-hybridized carbons (Fsp3) is 0.286. The van der Waals surface area contributed by atoms with Crippen molar-refractivity contribution in [2.24, 2.45) is 0 Å². The molecule has 0 bridgehead atoms. The summed E-state index contributed by atoms with van der Waals surface area (Å²) in [6, 6.07) is 9.22. The van der Waals surface area contributed by atoms with Crippen molar-refractivity contribution in [1.29, 1.82) is 0 Å². The molecular weight excluding hydrogens is 280 g/mol. The molecule has 0 saturated heterocycles. The minimum absolute atomic E-state index is 0.0997. The number of rotatable bonds is 4. The maximum atomic E-state index is 11.5. The Kier molecular flexibility index (Phi) is 4.66. The number of halogens is 1. The van der Waals surface area contributed by atoms with E-state index in [1.165, 1.54) is 11.8 Å². The van der Waals surface area contributed by atoms with Gasteiger partial charge in [0.25, 0.3) is 5.56 Å². The van der Waals surface area contributed by atoms with Crippen LogP contribution in [0.15, 0.2) is 40.3 Å². The highest BCUT2D eigenvalue weighted by Gasteiger charge is 2.06. The smallest absolute Gasteiger partial charge is 0.251 e. The second kappa shape index (κ2) is 6.26. The number of thioether (sulfide) groups is 1. The zero-order chi connectivity index (χ0) is 13.8. The van der Waals surface area contributed by atoms with Gasteiger partial charge in [0, 0.05) is 16.8 Å². The van der Waals surface area contributed by atoms with Crippen LogP contribution < -0.4 is 5.56 Å². The zero-order valence-corrected chi connectivity index (χ0v) is 12.4. The fourth-order valence-corrected chi connectivity index (χ4v) is 2.51. The summed E-state index contributed by atoms with van der Waals surface area (Å²) in [6.07, 6.45) is 0. The van der Waals surface area contributed by atoms with Gasteiger partial charge >= 0.3 is 0 Å². The fourth-order valence-electron chi connectivity index (χ4n) is 1.55. The Balaban J connectivity index is 2.11. The molecule has 0 unspecified atom stereocenters. The van der Waals surface area contributed by atoms with E-state index >= 15 is 0 Å². The summed E-state index contributed by atoms with van der Waals surface area (Å²) in [5, 5.41) is 1.38. The first-order chi connectivity index (χ1) is 9.04. The van der Waals surface area contributed by atoms with Gasteiger partial charge in [-0.1, -0.05) is 49.3 Å². The average Bonchev–Trinajstić information content (AvgIpc) is 2.37. The van der Waals surface area contributed by atoms with E-state index in [-0.39, 0.29) is 11.5 Å². The van der Waals surface area contributed by atoms with Crippen molar-refractivity contribution in [3.05, 3.63) is 57.0 Å². The van der Waals surface area contributed by atoms with E-state index in [1.807, 2.05) is 38.1 Å². The molecule has 2 aromatic rings. The Labute approximate surface area is 121 Å². The molecule has 0 amide bonds. The number of nitrogens with zero attached hydrogens (tertiary/aromatic N) is 1. The summed E-state index contributed by atoms with van der Waals surface area (Å²) in [5.74, 6) is 0.999. The maximum absolute atomic E-state index is 11.5. The summed E-state index contributed by atoms with van der Waals surface area (Å²) in [5.41, 5.74) is 1.87. The summed E-state index contributed by atoms with van der Waals surface area (Å²) in [4.78, 5) is 18.7. The van der Waals surface area contributed by atoms with Crippen molar-refractivity contribution in [3.8, 4) is 0 Å². The molecule has 1 aromatic heterocycles. The summed E-state index contributed by atoms with van der Waals surface area (Å²) in [7, 11) is 0. The molecular formula is C14H15ClN2OS. The number of nitrogens with one attached hydrogen (secondary N) is 1. The van der Waals surface area contributed by atoms with Crippen LogP contribution in [0.5, 0.6) is 0 Å². The lowest BCUT2D eigenvalue weighted by atomic mass is 10.1. The van der Waals surface area contributed by atoms with Gasteiger partial charge in [-0.25, -0.2) is 4.98 Å². The first-order valence-electron chi connectivity index (χ1n) is 6.03. The molecule has 19 heavy (non-hydrogen) atoms. The average molecular weight is 295 g/mol. The predicted molar refractivity (Wildman–Crippen MR) is 80.0 cm³/mol. The van der Waals surface area contributed by atoms with Crippen molar-refractivity contribution >= 4 is 23.4 Å². The topological polar surface area (TPSA) is 45.8 Å². The SMILES string of the molecule is CC(C)c1cc(=O)[nH]c(SCc2ccc(Cl)cc2)n1. The van der Waals surface area contributed by atoms with Crippen molar-refractivity contribution < 1.29 is 0 Å². The van der Waals surface area contributed by atoms with Gasteiger partial charge in [-0.2, -0.15) is 0 Å². The summed E-state index contributed by atoms with van der Waals surface area (Å²) >= 11 is 7.35. The van der Waals surface area contributed by atoms with Crippen LogP contribution >= 0.6 is 23.4 Å². The molecule has 1 aromatic carbocycles. The van der Waals surface area contributed by atoms with Gasteiger partial charge in [-0.15, -0.1) is 0 Å². The molecule has 0 atom stereocenters. The third kappa shape index (κ3) is 4.11. The number of hydrogen-bond donors (Lipinski definition) is 1. The number of aromatic nitrogens is 2.